The first-order valence-electron chi connectivity index (χ1n) is 6.96. The Labute approximate surface area is 124 Å². The van der Waals surface area contributed by atoms with Crippen LogP contribution in [-0.2, 0) is 9.53 Å². The van der Waals surface area contributed by atoms with E-state index in [2.05, 4.69) is 10.6 Å². The van der Waals surface area contributed by atoms with Gasteiger partial charge in [-0.25, -0.2) is 9.59 Å². The van der Waals surface area contributed by atoms with E-state index in [1.54, 1.807) is 13.8 Å². The summed E-state index contributed by atoms with van der Waals surface area (Å²) in [6, 6.07) is 5.08. The summed E-state index contributed by atoms with van der Waals surface area (Å²) in [6.45, 7) is 7.78. The maximum atomic E-state index is 12.2. The van der Waals surface area contributed by atoms with Crippen LogP contribution < -0.4 is 10.6 Å². The fourth-order valence-corrected chi connectivity index (χ4v) is 2.37. The number of aryl methyl sites for hydroxylation is 2. The van der Waals surface area contributed by atoms with Gasteiger partial charge in [-0.3, -0.25) is 0 Å². The third kappa shape index (κ3) is 3.07. The Balaban J connectivity index is 2.46. The van der Waals surface area contributed by atoms with Crippen LogP contribution in [0.4, 0.5) is 4.79 Å². The second-order valence-electron chi connectivity index (χ2n) is 5.13. The zero-order valence-corrected chi connectivity index (χ0v) is 12.7. The van der Waals surface area contributed by atoms with Gasteiger partial charge in [-0.1, -0.05) is 18.2 Å². The Morgan fingerprint density at radius 1 is 1.24 bits per heavy atom. The number of carbonyl (C=O) groups excluding carboxylic acids is 2. The van der Waals surface area contributed by atoms with Gasteiger partial charge in [0.2, 0.25) is 0 Å². The number of urea groups is 1. The van der Waals surface area contributed by atoms with E-state index in [-0.39, 0.29) is 6.03 Å². The molecule has 2 N–H and O–H groups in total. The minimum absolute atomic E-state index is 0.295. The summed E-state index contributed by atoms with van der Waals surface area (Å²) in [4.78, 5) is 23.9. The molecular weight excluding hydrogens is 268 g/mol. The third-order valence-corrected chi connectivity index (χ3v) is 3.63. The molecule has 0 radical (unpaired) electrons. The van der Waals surface area contributed by atoms with Gasteiger partial charge in [-0.2, -0.15) is 0 Å². The van der Waals surface area contributed by atoms with Crippen LogP contribution in [0.1, 0.15) is 36.6 Å². The summed E-state index contributed by atoms with van der Waals surface area (Å²) in [5, 5.41) is 5.41. The number of rotatable bonds is 3. The first-order chi connectivity index (χ1) is 9.93. The van der Waals surface area contributed by atoms with Crippen molar-refractivity contribution in [2.24, 2.45) is 0 Å². The number of carbonyl (C=O) groups is 2. The van der Waals surface area contributed by atoms with E-state index in [4.69, 9.17) is 4.74 Å². The second-order valence-corrected chi connectivity index (χ2v) is 5.13. The quantitative estimate of drug-likeness (QED) is 0.840. The number of ether oxygens (including phenoxy) is 1. The molecule has 5 heteroatoms. The van der Waals surface area contributed by atoms with Gasteiger partial charge >= 0.3 is 12.0 Å². The van der Waals surface area contributed by atoms with Gasteiger partial charge in [0.05, 0.1) is 18.2 Å². The zero-order valence-electron chi connectivity index (χ0n) is 12.7. The minimum atomic E-state index is -0.489. The third-order valence-electron chi connectivity index (χ3n) is 3.63. The molecule has 1 atom stereocenters. The Morgan fingerprint density at radius 2 is 1.95 bits per heavy atom. The molecule has 112 valence electrons. The van der Waals surface area contributed by atoms with Crippen molar-refractivity contribution in [2.45, 2.75) is 33.7 Å². The Bertz CT molecular complexity index is 620. The molecule has 0 bridgehead atoms. The molecule has 0 saturated carbocycles. The van der Waals surface area contributed by atoms with Gasteiger partial charge in [0.25, 0.3) is 0 Å². The molecule has 5 nitrogen and oxygen atoms in total. The van der Waals surface area contributed by atoms with E-state index in [0.717, 1.165) is 16.7 Å². The van der Waals surface area contributed by atoms with Gasteiger partial charge in [-0.15, -0.1) is 0 Å². The molecule has 0 fully saturated rings. The molecule has 1 aliphatic rings. The number of benzene rings is 1. The molecule has 0 aliphatic carbocycles. The number of allylic oxidation sites excluding steroid dienone is 1. The normalized spacial score (nSPS) is 18.1. The van der Waals surface area contributed by atoms with Crippen LogP contribution in [0.2, 0.25) is 0 Å². The van der Waals surface area contributed by atoms with Gasteiger partial charge < -0.3 is 15.4 Å². The lowest BCUT2D eigenvalue weighted by molar-refractivity contribution is -0.139. The average molecular weight is 288 g/mol. The number of hydrogen-bond acceptors (Lipinski definition) is 3. The highest BCUT2D eigenvalue weighted by Gasteiger charge is 2.32. The van der Waals surface area contributed by atoms with Crippen molar-refractivity contribution in [3.8, 4) is 0 Å². The van der Waals surface area contributed by atoms with Gasteiger partial charge in [0.15, 0.2) is 0 Å². The largest absolute Gasteiger partial charge is 0.463 e. The molecular formula is C16H20N2O3. The van der Waals surface area contributed by atoms with Gasteiger partial charge in [0, 0.05) is 5.70 Å². The van der Waals surface area contributed by atoms with Crippen LogP contribution in [-0.4, -0.2) is 18.6 Å². The van der Waals surface area contributed by atoms with E-state index in [9.17, 15) is 9.59 Å². The summed E-state index contributed by atoms with van der Waals surface area (Å²) in [6.07, 6.45) is 0. The molecule has 1 aromatic rings. The molecule has 21 heavy (non-hydrogen) atoms. The molecule has 0 aromatic heterocycles. The molecule has 2 rings (SSSR count). The fourth-order valence-electron chi connectivity index (χ4n) is 2.37. The van der Waals surface area contributed by atoms with E-state index in [1.165, 1.54) is 0 Å². The van der Waals surface area contributed by atoms with Crippen molar-refractivity contribution >= 4 is 12.0 Å². The van der Waals surface area contributed by atoms with Gasteiger partial charge in [0.1, 0.15) is 0 Å². The van der Waals surface area contributed by atoms with Crippen LogP contribution in [0.25, 0.3) is 0 Å². The van der Waals surface area contributed by atoms with Crippen molar-refractivity contribution in [1.29, 1.82) is 0 Å². The standard InChI is InChI=1S/C16H20N2O3/c1-5-21-15(19)13-11(4)17-16(20)18-14(13)12-7-6-9(2)10(3)8-12/h6-8,14H,5H2,1-4H3,(H2,17,18,20). The highest BCUT2D eigenvalue weighted by atomic mass is 16.5. The predicted molar refractivity (Wildman–Crippen MR) is 79.7 cm³/mol. The van der Waals surface area contributed by atoms with Gasteiger partial charge in [-0.05, 0) is 44.4 Å². The fraction of sp³-hybridized carbons (Fsp3) is 0.375. The van der Waals surface area contributed by atoms with E-state index < -0.39 is 12.0 Å². The number of esters is 1. The number of nitrogens with one attached hydrogen (secondary N) is 2. The van der Waals surface area contributed by atoms with E-state index in [1.807, 2.05) is 32.0 Å². The van der Waals surface area contributed by atoms with Crippen molar-refractivity contribution in [1.82, 2.24) is 10.6 Å². The monoisotopic (exact) mass is 288 g/mol. The van der Waals surface area contributed by atoms with E-state index >= 15 is 0 Å². The highest BCUT2D eigenvalue weighted by molar-refractivity contribution is 5.95. The summed E-state index contributed by atoms with van der Waals surface area (Å²) < 4.78 is 5.10. The topological polar surface area (TPSA) is 67.4 Å². The van der Waals surface area contributed by atoms with Crippen LogP contribution in [0.3, 0.4) is 0 Å². The summed E-state index contributed by atoms with van der Waals surface area (Å²) in [7, 11) is 0. The van der Waals surface area contributed by atoms with Crippen molar-refractivity contribution in [3.05, 3.63) is 46.2 Å². The lowest BCUT2D eigenvalue weighted by atomic mass is 9.93. The molecule has 1 unspecified atom stereocenters. The summed E-state index contributed by atoms with van der Waals surface area (Å²) >= 11 is 0. The molecule has 1 aliphatic heterocycles. The Kier molecular flexibility index (Phi) is 4.31. The molecule has 0 saturated heterocycles. The summed E-state index contributed by atoms with van der Waals surface area (Å²) in [5.41, 5.74) is 4.12. The Hall–Kier alpha value is -2.30. The first kappa shape index (κ1) is 15.1. The maximum Gasteiger partial charge on any atom is 0.338 e. The van der Waals surface area contributed by atoms with Crippen molar-refractivity contribution in [2.75, 3.05) is 6.61 Å². The van der Waals surface area contributed by atoms with Crippen molar-refractivity contribution in [3.63, 3.8) is 0 Å². The summed E-state index contributed by atoms with van der Waals surface area (Å²) in [5.74, 6) is -0.411. The van der Waals surface area contributed by atoms with Crippen LogP contribution in [0, 0.1) is 13.8 Å². The lowest BCUT2D eigenvalue weighted by Gasteiger charge is -2.28. The lowest BCUT2D eigenvalue weighted by Crippen LogP contribution is -2.45. The zero-order chi connectivity index (χ0) is 15.6. The van der Waals surface area contributed by atoms with Crippen LogP contribution in [0.5, 0.6) is 0 Å². The highest BCUT2D eigenvalue weighted by Crippen LogP contribution is 2.28. The van der Waals surface area contributed by atoms with Crippen LogP contribution in [0.15, 0.2) is 29.5 Å². The van der Waals surface area contributed by atoms with Crippen molar-refractivity contribution < 1.29 is 14.3 Å². The molecule has 0 spiro atoms. The number of hydrogen-bond donors (Lipinski definition) is 2. The average Bonchev–Trinajstić information content (AvgIpc) is 2.41. The van der Waals surface area contributed by atoms with E-state index in [0.29, 0.717) is 17.9 Å². The number of amides is 2. The predicted octanol–water partition coefficient (Wildman–Crippen LogP) is 2.49. The van der Waals surface area contributed by atoms with Crippen LogP contribution >= 0.6 is 0 Å². The smallest absolute Gasteiger partial charge is 0.338 e. The second kappa shape index (κ2) is 5.99. The Morgan fingerprint density at radius 3 is 2.57 bits per heavy atom. The minimum Gasteiger partial charge on any atom is -0.463 e. The maximum absolute atomic E-state index is 12.2. The first-order valence-corrected chi connectivity index (χ1v) is 6.96. The molecule has 2 amide bonds. The SMILES string of the molecule is CCOC(=O)C1=C(C)NC(=O)NC1c1ccc(C)c(C)c1. The molecule has 1 aromatic carbocycles. The molecule has 1 heterocycles.